The van der Waals surface area contributed by atoms with E-state index in [4.69, 9.17) is 0 Å². The number of hydrogen-bond donors (Lipinski definition) is 1. The number of para-hydroxylation sites is 2. The van der Waals surface area contributed by atoms with E-state index in [9.17, 15) is 14.4 Å². The number of ketones is 1. The average molecular weight is 371 g/mol. The van der Waals surface area contributed by atoms with Gasteiger partial charge in [-0.1, -0.05) is 58.6 Å². The molecule has 1 saturated carbocycles. The van der Waals surface area contributed by atoms with Crippen molar-refractivity contribution in [2.45, 2.75) is 65.3 Å². The summed E-state index contributed by atoms with van der Waals surface area (Å²) in [6, 6.07) is 6.52. The molecule has 1 aromatic carbocycles. The third kappa shape index (κ3) is 4.15. The molecule has 1 N–H and O–H groups in total. The first-order valence-corrected chi connectivity index (χ1v) is 9.83. The molecule has 1 aliphatic carbocycles. The quantitative estimate of drug-likeness (QED) is 0.797. The molecule has 0 radical (unpaired) electrons. The number of fused-ring (bicyclic) bond motifs is 1. The zero-order chi connectivity index (χ0) is 19.6. The molecule has 1 fully saturated rings. The van der Waals surface area contributed by atoms with Crippen LogP contribution >= 0.6 is 0 Å². The van der Waals surface area contributed by atoms with Gasteiger partial charge in [-0.3, -0.25) is 19.9 Å². The molecule has 146 valence electrons. The van der Waals surface area contributed by atoms with Crippen molar-refractivity contribution in [2.24, 2.45) is 5.41 Å². The summed E-state index contributed by atoms with van der Waals surface area (Å²) in [6.45, 7) is 5.44. The Balaban J connectivity index is 2.00. The van der Waals surface area contributed by atoms with Gasteiger partial charge < -0.3 is 0 Å². The van der Waals surface area contributed by atoms with Crippen molar-refractivity contribution in [1.82, 2.24) is 5.32 Å². The molecule has 1 heterocycles. The summed E-state index contributed by atoms with van der Waals surface area (Å²) in [7, 11) is 0. The standard InChI is InChI=1S/C21H29N3O3/c1-21(2,3)18(25)14-23-16-12-8-9-13-17(16)24(20(27)22-19(23)26)15-10-6-4-5-7-11-15/h8-9,12-13,15H,4-7,10-11,14H2,1-3H3,(H,22,26,27). The Labute approximate surface area is 160 Å². The summed E-state index contributed by atoms with van der Waals surface area (Å²) in [5.41, 5.74) is 0.754. The van der Waals surface area contributed by atoms with Gasteiger partial charge in [0.2, 0.25) is 0 Å². The Morgan fingerprint density at radius 3 is 2.19 bits per heavy atom. The van der Waals surface area contributed by atoms with Gasteiger partial charge in [0.1, 0.15) is 0 Å². The van der Waals surface area contributed by atoms with Crippen LogP contribution in [-0.4, -0.2) is 30.4 Å². The largest absolute Gasteiger partial charge is 0.330 e. The minimum absolute atomic E-state index is 0.0529. The van der Waals surface area contributed by atoms with Gasteiger partial charge in [0, 0.05) is 11.5 Å². The fourth-order valence-corrected chi connectivity index (χ4v) is 3.75. The van der Waals surface area contributed by atoms with Gasteiger partial charge in [-0.15, -0.1) is 0 Å². The Hall–Kier alpha value is -2.37. The number of nitrogens with zero attached hydrogens (tertiary/aromatic N) is 2. The summed E-state index contributed by atoms with van der Waals surface area (Å²) >= 11 is 0. The highest BCUT2D eigenvalue weighted by atomic mass is 16.2. The Kier molecular flexibility index (Phi) is 5.53. The number of imide groups is 1. The van der Waals surface area contributed by atoms with Crippen LogP contribution in [0.25, 0.3) is 0 Å². The lowest BCUT2D eigenvalue weighted by molar-refractivity contribution is -0.124. The molecule has 6 heteroatoms. The van der Waals surface area contributed by atoms with Crippen molar-refractivity contribution in [3.05, 3.63) is 24.3 Å². The Bertz CT molecular complexity index is 730. The van der Waals surface area contributed by atoms with Crippen LogP contribution in [0.3, 0.4) is 0 Å². The van der Waals surface area contributed by atoms with Crippen LogP contribution in [0.5, 0.6) is 0 Å². The first-order chi connectivity index (χ1) is 12.8. The normalized spacial score (nSPS) is 19.2. The molecular weight excluding hydrogens is 342 g/mol. The Morgan fingerprint density at radius 2 is 1.59 bits per heavy atom. The van der Waals surface area contributed by atoms with Gasteiger partial charge in [-0.2, -0.15) is 0 Å². The number of benzene rings is 1. The van der Waals surface area contributed by atoms with E-state index in [1.54, 1.807) is 4.90 Å². The molecule has 0 unspecified atom stereocenters. The maximum atomic E-state index is 12.9. The zero-order valence-electron chi connectivity index (χ0n) is 16.5. The van der Waals surface area contributed by atoms with Crippen LogP contribution in [0, 0.1) is 5.41 Å². The number of urea groups is 2. The van der Waals surface area contributed by atoms with Gasteiger partial charge in [0.25, 0.3) is 0 Å². The number of anilines is 2. The SMILES string of the molecule is CC(C)(C)C(=O)CN1C(=O)NC(=O)N(C2CCCCCC2)c2ccccc21. The smallest absolute Gasteiger partial charge is 0.297 e. The summed E-state index contributed by atoms with van der Waals surface area (Å²) < 4.78 is 0. The van der Waals surface area contributed by atoms with Crippen molar-refractivity contribution >= 4 is 29.2 Å². The number of carbonyl (C=O) groups excluding carboxylic acids is 3. The molecule has 2 aliphatic rings. The highest BCUT2D eigenvalue weighted by molar-refractivity contribution is 6.15. The van der Waals surface area contributed by atoms with E-state index >= 15 is 0 Å². The second kappa shape index (κ2) is 7.71. The first-order valence-electron chi connectivity index (χ1n) is 9.83. The van der Waals surface area contributed by atoms with Crippen LogP contribution in [0.1, 0.15) is 59.3 Å². The maximum absolute atomic E-state index is 12.9. The van der Waals surface area contributed by atoms with E-state index < -0.39 is 17.5 Å². The Morgan fingerprint density at radius 1 is 1.00 bits per heavy atom. The lowest BCUT2D eigenvalue weighted by Crippen LogP contribution is -2.50. The molecule has 1 aliphatic heterocycles. The summed E-state index contributed by atoms with van der Waals surface area (Å²) in [4.78, 5) is 41.4. The van der Waals surface area contributed by atoms with Crippen molar-refractivity contribution in [2.75, 3.05) is 16.3 Å². The minimum atomic E-state index is -0.563. The highest BCUT2D eigenvalue weighted by Crippen LogP contribution is 2.36. The van der Waals surface area contributed by atoms with Gasteiger partial charge in [0.05, 0.1) is 17.9 Å². The van der Waals surface area contributed by atoms with E-state index in [2.05, 4.69) is 5.32 Å². The number of hydrogen-bond acceptors (Lipinski definition) is 3. The average Bonchev–Trinajstić information content (AvgIpc) is 2.92. The van der Waals surface area contributed by atoms with E-state index in [0.717, 1.165) is 25.7 Å². The third-order valence-electron chi connectivity index (χ3n) is 5.44. The van der Waals surface area contributed by atoms with Crippen LogP contribution in [0.15, 0.2) is 24.3 Å². The molecule has 4 amide bonds. The van der Waals surface area contributed by atoms with Crippen LogP contribution < -0.4 is 15.1 Å². The fourth-order valence-electron chi connectivity index (χ4n) is 3.75. The number of nitrogens with one attached hydrogen (secondary N) is 1. The van der Waals surface area contributed by atoms with Crippen molar-refractivity contribution < 1.29 is 14.4 Å². The van der Waals surface area contributed by atoms with E-state index in [0.29, 0.717) is 11.4 Å². The monoisotopic (exact) mass is 371 g/mol. The lowest BCUT2D eigenvalue weighted by atomic mass is 9.90. The highest BCUT2D eigenvalue weighted by Gasteiger charge is 2.36. The number of amides is 4. The van der Waals surface area contributed by atoms with Crippen LogP contribution in [-0.2, 0) is 4.79 Å². The predicted molar refractivity (Wildman–Crippen MR) is 106 cm³/mol. The van der Waals surface area contributed by atoms with E-state index in [1.165, 1.54) is 17.7 Å². The molecule has 0 bridgehead atoms. The molecule has 0 saturated heterocycles. The second-order valence-corrected chi connectivity index (χ2v) is 8.50. The molecular formula is C21H29N3O3. The topological polar surface area (TPSA) is 69.7 Å². The van der Waals surface area contributed by atoms with Gasteiger partial charge in [-0.25, -0.2) is 9.59 Å². The third-order valence-corrected chi connectivity index (χ3v) is 5.44. The van der Waals surface area contributed by atoms with E-state index in [-0.39, 0.29) is 18.4 Å². The predicted octanol–water partition coefficient (Wildman–Crippen LogP) is 4.48. The number of Topliss-reactive ketones (excluding diaryl/α,β-unsaturated/α-hetero) is 1. The van der Waals surface area contributed by atoms with Crippen LogP contribution in [0.4, 0.5) is 21.0 Å². The fraction of sp³-hybridized carbons (Fsp3) is 0.571. The second-order valence-electron chi connectivity index (χ2n) is 8.50. The zero-order valence-corrected chi connectivity index (χ0v) is 16.5. The molecule has 0 atom stereocenters. The molecule has 6 nitrogen and oxygen atoms in total. The number of rotatable bonds is 3. The minimum Gasteiger partial charge on any atom is -0.297 e. The van der Waals surface area contributed by atoms with Crippen LogP contribution in [0.2, 0.25) is 0 Å². The van der Waals surface area contributed by atoms with Gasteiger partial charge in [-0.05, 0) is 25.0 Å². The lowest BCUT2D eigenvalue weighted by Gasteiger charge is -2.31. The van der Waals surface area contributed by atoms with Gasteiger partial charge >= 0.3 is 12.1 Å². The molecule has 3 rings (SSSR count). The molecule has 0 spiro atoms. The van der Waals surface area contributed by atoms with E-state index in [1.807, 2.05) is 45.0 Å². The summed E-state index contributed by atoms with van der Waals surface area (Å²) in [6.07, 6.45) is 6.37. The number of carbonyl (C=O) groups is 3. The molecule has 0 aromatic heterocycles. The van der Waals surface area contributed by atoms with Gasteiger partial charge in [0.15, 0.2) is 5.78 Å². The summed E-state index contributed by atoms with van der Waals surface area (Å²) in [5, 5.41) is 2.49. The van der Waals surface area contributed by atoms with Crippen molar-refractivity contribution in [3.63, 3.8) is 0 Å². The molecule has 27 heavy (non-hydrogen) atoms. The first kappa shape index (κ1) is 19.4. The molecule has 1 aromatic rings. The summed E-state index contributed by atoms with van der Waals surface area (Å²) in [5.74, 6) is -0.0529. The van der Waals surface area contributed by atoms with Crippen molar-refractivity contribution in [3.8, 4) is 0 Å². The van der Waals surface area contributed by atoms with Crippen molar-refractivity contribution in [1.29, 1.82) is 0 Å². The maximum Gasteiger partial charge on any atom is 0.330 e.